The summed E-state index contributed by atoms with van der Waals surface area (Å²) in [6, 6.07) is 0. The maximum atomic E-state index is 11.2. The third kappa shape index (κ3) is 9.75. The predicted octanol–water partition coefficient (Wildman–Crippen LogP) is 2.60. The number of ether oxygens (including phenoxy) is 5. The molecule has 0 bridgehead atoms. The van der Waals surface area contributed by atoms with Gasteiger partial charge in [0.2, 0.25) is 0 Å². The van der Waals surface area contributed by atoms with Crippen molar-refractivity contribution in [1.82, 2.24) is 0 Å². The normalized spacial score (nSPS) is 10.3. The first-order valence-electron chi connectivity index (χ1n) is 6.03. The summed E-state index contributed by atoms with van der Waals surface area (Å²) in [6.45, 7) is 5.62. The molecule has 7 nitrogen and oxygen atoms in total. The topological polar surface area (TPSA) is 80.3 Å². The van der Waals surface area contributed by atoms with Crippen LogP contribution in [-0.4, -0.2) is 38.4 Å². The summed E-state index contributed by atoms with van der Waals surface area (Å²) >= 11 is 0. The zero-order chi connectivity index (χ0) is 14.5. The van der Waals surface area contributed by atoms with Gasteiger partial charge in [0.25, 0.3) is 6.29 Å². The number of hydrogen-bond donors (Lipinski definition) is 0. The van der Waals surface area contributed by atoms with Crippen molar-refractivity contribution in [1.29, 1.82) is 0 Å². The Morgan fingerprint density at radius 3 is 2.00 bits per heavy atom. The second-order valence-corrected chi connectivity index (χ2v) is 3.16. The van der Waals surface area contributed by atoms with Gasteiger partial charge in [0, 0.05) is 0 Å². The molecule has 0 saturated heterocycles. The van der Waals surface area contributed by atoms with Gasteiger partial charge in [-0.25, -0.2) is 9.59 Å². The van der Waals surface area contributed by atoms with Gasteiger partial charge in [-0.3, -0.25) is 0 Å². The summed E-state index contributed by atoms with van der Waals surface area (Å²) in [6.07, 6.45) is 0.412. The van der Waals surface area contributed by atoms with E-state index in [1.807, 2.05) is 0 Å². The lowest BCUT2D eigenvalue weighted by Crippen LogP contribution is -2.26. The molecule has 0 amide bonds. The van der Waals surface area contributed by atoms with Crippen LogP contribution >= 0.6 is 0 Å². The number of rotatable bonds is 8. The maximum Gasteiger partial charge on any atom is 0.511 e. The van der Waals surface area contributed by atoms with Gasteiger partial charge in [0.05, 0.1) is 32.5 Å². The molecule has 0 spiro atoms. The molecule has 0 atom stereocenters. The maximum absolute atomic E-state index is 11.2. The summed E-state index contributed by atoms with van der Waals surface area (Å²) in [7, 11) is 0. The molecular weight excluding hydrogens is 256 g/mol. The van der Waals surface area contributed by atoms with Crippen molar-refractivity contribution in [3.8, 4) is 0 Å². The van der Waals surface area contributed by atoms with Gasteiger partial charge in [-0.1, -0.05) is 6.08 Å². The Morgan fingerprint density at radius 2 is 1.58 bits per heavy atom. The third-order valence-electron chi connectivity index (χ3n) is 1.68. The van der Waals surface area contributed by atoms with Crippen LogP contribution in [0.15, 0.2) is 12.3 Å². The predicted molar refractivity (Wildman–Crippen MR) is 65.4 cm³/mol. The van der Waals surface area contributed by atoms with E-state index in [0.717, 1.165) is 0 Å². The Balaban J connectivity index is 4.20. The van der Waals surface area contributed by atoms with Crippen LogP contribution in [0.25, 0.3) is 0 Å². The first-order chi connectivity index (χ1) is 9.13. The number of hydrogen-bond acceptors (Lipinski definition) is 7. The fraction of sp³-hybridized carbons (Fsp3) is 0.667. The summed E-state index contributed by atoms with van der Waals surface area (Å²) in [5.41, 5.74) is 0. The molecule has 0 radical (unpaired) electrons. The van der Waals surface area contributed by atoms with Gasteiger partial charge in [0.1, 0.15) is 0 Å². The average Bonchev–Trinajstić information content (AvgIpc) is 2.35. The zero-order valence-electron chi connectivity index (χ0n) is 11.4. The van der Waals surface area contributed by atoms with Crippen LogP contribution in [0.2, 0.25) is 0 Å². The monoisotopic (exact) mass is 276 g/mol. The van der Waals surface area contributed by atoms with Gasteiger partial charge < -0.3 is 23.7 Å². The van der Waals surface area contributed by atoms with Crippen molar-refractivity contribution in [2.45, 2.75) is 33.5 Å². The molecule has 0 aliphatic rings. The van der Waals surface area contributed by atoms with Gasteiger partial charge in [-0.15, -0.1) is 0 Å². The lowest BCUT2D eigenvalue weighted by molar-refractivity contribution is -0.111. The van der Waals surface area contributed by atoms with E-state index in [2.05, 4.69) is 9.47 Å². The largest absolute Gasteiger partial charge is 0.511 e. The average molecular weight is 276 g/mol. The van der Waals surface area contributed by atoms with Gasteiger partial charge in [-0.2, -0.15) is 0 Å². The Labute approximate surface area is 112 Å². The van der Waals surface area contributed by atoms with E-state index in [-0.39, 0.29) is 26.2 Å². The van der Waals surface area contributed by atoms with E-state index >= 15 is 0 Å². The van der Waals surface area contributed by atoms with Crippen LogP contribution in [-0.2, 0) is 23.7 Å². The third-order valence-corrected chi connectivity index (χ3v) is 1.68. The molecule has 110 valence electrons. The highest BCUT2D eigenvalue weighted by molar-refractivity contribution is 5.62. The van der Waals surface area contributed by atoms with Crippen molar-refractivity contribution >= 4 is 12.3 Å². The minimum atomic E-state index is -1.11. The van der Waals surface area contributed by atoms with Crippen molar-refractivity contribution in [2.75, 3.05) is 19.8 Å². The zero-order valence-corrected chi connectivity index (χ0v) is 11.4. The van der Waals surface area contributed by atoms with Crippen LogP contribution in [0.3, 0.4) is 0 Å². The Hall–Kier alpha value is -1.92. The molecular formula is C12H20O7. The number of allylic oxidation sites excluding steroid dienone is 1. The van der Waals surface area contributed by atoms with E-state index in [9.17, 15) is 9.59 Å². The Bertz CT molecular complexity index is 268. The molecule has 7 heteroatoms. The first-order valence-corrected chi connectivity index (χ1v) is 6.03. The molecule has 0 aromatic heterocycles. The molecule has 0 saturated carbocycles. The Kier molecular flexibility index (Phi) is 10.1. The smallest absolute Gasteiger partial charge is 0.501 e. The molecule has 0 N–H and O–H groups in total. The lowest BCUT2D eigenvalue weighted by atomic mass is 10.4. The molecule has 0 unspecified atom stereocenters. The van der Waals surface area contributed by atoms with Gasteiger partial charge >= 0.3 is 12.3 Å². The van der Waals surface area contributed by atoms with Crippen molar-refractivity contribution < 1.29 is 33.3 Å². The second-order valence-electron chi connectivity index (χ2n) is 3.16. The highest BCUT2D eigenvalue weighted by atomic mass is 16.8. The van der Waals surface area contributed by atoms with E-state index in [0.29, 0.717) is 0 Å². The fourth-order valence-corrected chi connectivity index (χ4v) is 0.989. The van der Waals surface area contributed by atoms with E-state index in [1.54, 1.807) is 26.8 Å². The first kappa shape index (κ1) is 17.1. The van der Waals surface area contributed by atoms with Gasteiger partial charge in [-0.05, 0) is 20.8 Å². The standard InChI is InChI=1S/C12H20O7/c1-4-8-15-9-7-10(18-11(13)16-5-2)19-12(14)17-6-3/h4,8,10H,5-7,9H2,1-3H3. The van der Waals surface area contributed by atoms with Crippen LogP contribution in [0.5, 0.6) is 0 Å². The number of carbonyl (C=O) groups excluding carboxylic acids is 2. The van der Waals surface area contributed by atoms with E-state index < -0.39 is 18.6 Å². The van der Waals surface area contributed by atoms with Crippen molar-refractivity contribution in [2.24, 2.45) is 0 Å². The molecule has 0 aliphatic heterocycles. The summed E-state index contributed by atoms with van der Waals surface area (Å²) < 4.78 is 23.8. The summed E-state index contributed by atoms with van der Waals surface area (Å²) in [5, 5.41) is 0. The quantitative estimate of drug-likeness (QED) is 0.292. The molecule has 19 heavy (non-hydrogen) atoms. The number of carbonyl (C=O) groups is 2. The lowest BCUT2D eigenvalue weighted by Gasteiger charge is -2.17. The Morgan fingerprint density at radius 1 is 1.05 bits per heavy atom. The molecule has 0 rings (SSSR count). The van der Waals surface area contributed by atoms with Crippen LogP contribution in [0, 0.1) is 0 Å². The fourth-order valence-electron chi connectivity index (χ4n) is 0.989. The molecule has 0 heterocycles. The summed E-state index contributed by atoms with van der Waals surface area (Å²) in [4.78, 5) is 22.3. The van der Waals surface area contributed by atoms with Crippen LogP contribution < -0.4 is 0 Å². The molecule has 0 aliphatic carbocycles. The van der Waals surface area contributed by atoms with Crippen molar-refractivity contribution in [3.05, 3.63) is 12.3 Å². The van der Waals surface area contributed by atoms with Crippen molar-refractivity contribution in [3.63, 3.8) is 0 Å². The minimum absolute atomic E-state index is 0.167. The second kappa shape index (κ2) is 11.2. The van der Waals surface area contributed by atoms with Gasteiger partial charge in [0.15, 0.2) is 0 Å². The van der Waals surface area contributed by atoms with E-state index in [1.165, 1.54) is 6.26 Å². The minimum Gasteiger partial charge on any atom is -0.501 e. The molecule has 0 fully saturated rings. The highest BCUT2D eigenvalue weighted by Crippen LogP contribution is 2.05. The SMILES string of the molecule is CC=COCCC(OC(=O)OCC)OC(=O)OCC. The molecule has 0 aromatic rings. The summed E-state index contributed by atoms with van der Waals surface area (Å²) in [5.74, 6) is 0. The van der Waals surface area contributed by atoms with Crippen LogP contribution in [0.1, 0.15) is 27.2 Å². The van der Waals surface area contributed by atoms with E-state index in [4.69, 9.17) is 14.2 Å². The molecule has 0 aromatic carbocycles. The highest BCUT2D eigenvalue weighted by Gasteiger charge is 2.20. The van der Waals surface area contributed by atoms with Crippen LogP contribution in [0.4, 0.5) is 9.59 Å².